The average Bonchev–Trinajstić information content (AvgIpc) is 3.13. The first-order valence-electron chi connectivity index (χ1n) is 9.04. The van der Waals surface area contributed by atoms with Crippen molar-refractivity contribution in [3.05, 3.63) is 47.8 Å². The van der Waals surface area contributed by atoms with E-state index < -0.39 is 0 Å². The number of methoxy groups -OCH3 is 3. The molecule has 0 spiro atoms. The Morgan fingerprint density at radius 1 is 1.04 bits per heavy atom. The van der Waals surface area contributed by atoms with Gasteiger partial charge in [0.05, 0.1) is 38.4 Å². The van der Waals surface area contributed by atoms with Crippen LogP contribution in [0.5, 0.6) is 17.2 Å². The highest BCUT2D eigenvalue weighted by Crippen LogP contribution is 2.38. The van der Waals surface area contributed by atoms with Crippen molar-refractivity contribution in [2.24, 2.45) is 5.92 Å². The van der Waals surface area contributed by atoms with Crippen molar-refractivity contribution in [1.29, 1.82) is 0 Å². The van der Waals surface area contributed by atoms with E-state index in [0.29, 0.717) is 22.8 Å². The van der Waals surface area contributed by atoms with E-state index >= 15 is 0 Å². The van der Waals surface area contributed by atoms with Gasteiger partial charge in [0.2, 0.25) is 5.75 Å². The molecule has 0 saturated heterocycles. The number of fused-ring (bicyclic) bond motifs is 1. The number of carbonyl (C=O) groups excluding carboxylic acids is 1. The second kappa shape index (κ2) is 8.21. The Balaban J connectivity index is 1.92. The van der Waals surface area contributed by atoms with Gasteiger partial charge in [-0.25, -0.2) is 4.98 Å². The predicted molar refractivity (Wildman–Crippen MR) is 107 cm³/mol. The van der Waals surface area contributed by atoms with Crippen molar-refractivity contribution >= 4 is 16.9 Å². The molecule has 0 bridgehead atoms. The number of amides is 1. The molecule has 1 aromatic heterocycles. The maximum absolute atomic E-state index is 13.0. The Morgan fingerprint density at radius 3 is 2.21 bits per heavy atom. The second-order valence-corrected chi connectivity index (χ2v) is 6.75. The molecule has 2 aromatic carbocycles. The van der Waals surface area contributed by atoms with Gasteiger partial charge in [0.15, 0.2) is 11.5 Å². The molecule has 0 fully saturated rings. The lowest BCUT2D eigenvalue weighted by Gasteiger charge is -2.21. The third kappa shape index (κ3) is 3.74. The monoisotopic (exact) mass is 383 g/mol. The van der Waals surface area contributed by atoms with Gasteiger partial charge in [0, 0.05) is 5.56 Å². The molecule has 3 rings (SSSR count). The first-order valence-corrected chi connectivity index (χ1v) is 9.04. The zero-order valence-corrected chi connectivity index (χ0v) is 16.7. The Bertz CT molecular complexity index is 923. The highest BCUT2D eigenvalue weighted by Gasteiger charge is 2.24. The highest BCUT2D eigenvalue weighted by molar-refractivity contribution is 5.96. The third-order valence-electron chi connectivity index (χ3n) is 4.58. The van der Waals surface area contributed by atoms with Gasteiger partial charge in [-0.05, 0) is 30.2 Å². The molecule has 1 atom stereocenters. The number of nitrogens with zero attached hydrogens (tertiary/aromatic N) is 1. The number of rotatable bonds is 7. The van der Waals surface area contributed by atoms with E-state index in [1.54, 1.807) is 12.1 Å². The van der Waals surface area contributed by atoms with E-state index in [0.717, 1.165) is 16.9 Å². The van der Waals surface area contributed by atoms with Gasteiger partial charge in [0.25, 0.3) is 5.91 Å². The van der Waals surface area contributed by atoms with Crippen LogP contribution in [0.3, 0.4) is 0 Å². The maximum Gasteiger partial charge on any atom is 0.252 e. The average molecular weight is 383 g/mol. The van der Waals surface area contributed by atoms with Crippen LogP contribution in [-0.2, 0) is 0 Å². The van der Waals surface area contributed by atoms with E-state index in [2.05, 4.69) is 15.3 Å². The lowest BCUT2D eigenvalue weighted by molar-refractivity contribution is 0.0922. The number of aromatic nitrogens is 2. The van der Waals surface area contributed by atoms with Crippen molar-refractivity contribution < 1.29 is 19.0 Å². The summed E-state index contributed by atoms with van der Waals surface area (Å²) in [5.74, 6) is 1.90. The molecule has 1 heterocycles. The number of aromatic amines is 1. The number of para-hydroxylation sites is 2. The summed E-state index contributed by atoms with van der Waals surface area (Å²) in [5.41, 5.74) is 2.21. The third-order valence-corrected chi connectivity index (χ3v) is 4.58. The molecule has 0 aliphatic carbocycles. The van der Waals surface area contributed by atoms with Gasteiger partial charge in [-0.1, -0.05) is 26.0 Å². The summed E-state index contributed by atoms with van der Waals surface area (Å²) in [6, 6.07) is 10.8. The number of hydrogen-bond donors (Lipinski definition) is 2. The Hall–Kier alpha value is -3.22. The number of nitrogens with one attached hydrogen (secondary N) is 2. The Kier molecular flexibility index (Phi) is 5.73. The molecule has 148 valence electrons. The topological polar surface area (TPSA) is 85.5 Å². The molecular formula is C21H25N3O4. The molecule has 7 heteroatoms. The van der Waals surface area contributed by atoms with Crippen LogP contribution < -0.4 is 19.5 Å². The van der Waals surface area contributed by atoms with Crippen LogP contribution in [0, 0.1) is 5.92 Å². The fourth-order valence-electron chi connectivity index (χ4n) is 3.11. The number of ether oxygens (including phenoxy) is 3. The van der Waals surface area contributed by atoms with Crippen molar-refractivity contribution in [2.75, 3.05) is 21.3 Å². The second-order valence-electron chi connectivity index (χ2n) is 6.75. The minimum Gasteiger partial charge on any atom is -0.493 e. The van der Waals surface area contributed by atoms with Crippen molar-refractivity contribution in [2.45, 2.75) is 19.9 Å². The molecule has 0 aliphatic rings. The summed E-state index contributed by atoms with van der Waals surface area (Å²) in [7, 11) is 4.56. The van der Waals surface area contributed by atoms with Crippen LogP contribution in [0.25, 0.3) is 11.0 Å². The fourth-order valence-corrected chi connectivity index (χ4v) is 3.11. The van der Waals surface area contributed by atoms with Gasteiger partial charge >= 0.3 is 0 Å². The molecule has 0 radical (unpaired) electrons. The van der Waals surface area contributed by atoms with Gasteiger partial charge in [0.1, 0.15) is 5.82 Å². The Labute approximate surface area is 164 Å². The molecule has 1 unspecified atom stereocenters. The summed E-state index contributed by atoms with van der Waals surface area (Å²) < 4.78 is 16.0. The predicted octanol–water partition coefficient (Wildman–Crippen LogP) is 3.72. The highest BCUT2D eigenvalue weighted by atomic mass is 16.5. The zero-order valence-electron chi connectivity index (χ0n) is 16.7. The summed E-state index contributed by atoms with van der Waals surface area (Å²) in [4.78, 5) is 20.9. The lowest BCUT2D eigenvalue weighted by Crippen LogP contribution is -2.32. The molecule has 0 saturated carbocycles. The van der Waals surface area contributed by atoms with E-state index in [-0.39, 0.29) is 17.9 Å². The van der Waals surface area contributed by atoms with Gasteiger partial charge in [-0.2, -0.15) is 0 Å². The smallest absolute Gasteiger partial charge is 0.252 e. The first kappa shape index (κ1) is 19.5. The maximum atomic E-state index is 13.0. The van der Waals surface area contributed by atoms with Crippen LogP contribution >= 0.6 is 0 Å². The minimum absolute atomic E-state index is 0.131. The fraction of sp³-hybridized carbons (Fsp3) is 0.333. The Morgan fingerprint density at radius 2 is 1.68 bits per heavy atom. The first-order chi connectivity index (χ1) is 13.5. The summed E-state index contributed by atoms with van der Waals surface area (Å²) in [6.07, 6.45) is 0. The van der Waals surface area contributed by atoms with Crippen molar-refractivity contribution in [1.82, 2.24) is 15.3 Å². The molecule has 0 aliphatic heterocycles. The summed E-state index contributed by atoms with van der Waals surface area (Å²) in [5, 5.41) is 3.07. The number of benzene rings is 2. The lowest BCUT2D eigenvalue weighted by atomic mass is 10.0. The number of imidazole rings is 1. The van der Waals surface area contributed by atoms with Crippen LogP contribution in [-0.4, -0.2) is 37.2 Å². The van der Waals surface area contributed by atoms with Gasteiger partial charge in [-0.15, -0.1) is 0 Å². The molecule has 2 N–H and O–H groups in total. The molecule has 7 nitrogen and oxygen atoms in total. The quantitative estimate of drug-likeness (QED) is 0.650. The molecule has 28 heavy (non-hydrogen) atoms. The van der Waals surface area contributed by atoms with E-state index in [9.17, 15) is 4.79 Å². The van der Waals surface area contributed by atoms with E-state index in [1.165, 1.54) is 21.3 Å². The van der Waals surface area contributed by atoms with Crippen LogP contribution in [0.4, 0.5) is 0 Å². The van der Waals surface area contributed by atoms with Crippen molar-refractivity contribution in [3.63, 3.8) is 0 Å². The molecule has 3 aromatic rings. The number of carbonyl (C=O) groups is 1. The van der Waals surface area contributed by atoms with Crippen LogP contribution in [0.1, 0.15) is 36.1 Å². The van der Waals surface area contributed by atoms with E-state index in [4.69, 9.17) is 14.2 Å². The minimum atomic E-state index is -0.279. The zero-order chi connectivity index (χ0) is 20.3. The molecule has 1 amide bonds. The molecular weight excluding hydrogens is 358 g/mol. The normalized spacial score (nSPS) is 12.1. The van der Waals surface area contributed by atoms with Crippen molar-refractivity contribution in [3.8, 4) is 17.2 Å². The summed E-state index contributed by atoms with van der Waals surface area (Å²) in [6.45, 7) is 4.07. The SMILES string of the molecule is COc1cc(C(=O)NC(c2nc3ccccc3[nH]2)C(C)C)cc(OC)c1OC. The van der Waals surface area contributed by atoms with E-state index in [1.807, 2.05) is 38.1 Å². The number of hydrogen-bond acceptors (Lipinski definition) is 5. The van der Waals surface area contributed by atoms with Crippen LogP contribution in [0.15, 0.2) is 36.4 Å². The summed E-state index contributed by atoms with van der Waals surface area (Å²) >= 11 is 0. The van der Waals surface area contributed by atoms with Gasteiger partial charge < -0.3 is 24.5 Å². The standard InChI is InChI=1S/C21H25N3O4/c1-12(2)18(20-22-14-8-6-7-9-15(14)23-20)24-21(25)13-10-16(26-3)19(28-5)17(11-13)27-4/h6-12,18H,1-5H3,(H,22,23)(H,24,25). The van der Waals surface area contributed by atoms with Crippen LogP contribution in [0.2, 0.25) is 0 Å². The number of H-pyrrole nitrogens is 1. The van der Waals surface area contributed by atoms with Gasteiger partial charge in [-0.3, -0.25) is 4.79 Å². The largest absolute Gasteiger partial charge is 0.493 e.